The minimum atomic E-state index is -4.49. The van der Waals surface area contributed by atoms with Crippen LogP contribution in [0.3, 0.4) is 0 Å². The van der Waals surface area contributed by atoms with Gasteiger partial charge in [0.2, 0.25) is 0 Å². The SMILES string of the molecule is O=C(NC[C@@H]1CCCCO1)c1ccc(-c2ncccc2C(F)(F)F)cc1. The quantitative estimate of drug-likeness (QED) is 0.890. The first-order valence-corrected chi connectivity index (χ1v) is 8.47. The van der Waals surface area contributed by atoms with Gasteiger partial charge in [0.1, 0.15) is 0 Å². The van der Waals surface area contributed by atoms with Crippen molar-refractivity contribution in [3.8, 4) is 11.3 Å². The Morgan fingerprint density at radius 2 is 1.96 bits per heavy atom. The van der Waals surface area contributed by atoms with Gasteiger partial charge in [0.25, 0.3) is 5.91 Å². The molecule has 3 rings (SSSR count). The standard InChI is InChI=1S/C19H19F3N2O2/c20-19(21,22)16-5-3-10-23-17(16)13-6-8-14(9-7-13)18(25)24-12-15-4-1-2-11-26-15/h3,5-10,15H,1-2,4,11-12H2,(H,24,25)/t15-/m0/s1. The van der Waals surface area contributed by atoms with Gasteiger partial charge in [0.15, 0.2) is 0 Å². The molecule has 0 saturated carbocycles. The average Bonchev–Trinajstić information content (AvgIpc) is 2.66. The lowest BCUT2D eigenvalue weighted by Gasteiger charge is -2.22. The molecule has 1 fully saturated rings. The molecule has 7 heteroatoms. The molecular formula is C19H19F3N2O2. The van der Waals surface area contributed by atoms with E-state index < -0.39 is 11.7 Å². The maximum absolute atomic E-state index is 13.1. The van der Waals surface area contributed by atoms with E-state index in [1.54, 1.807) is 0 Å². The fourth-order valence-corrected chi connectivity index (χ4v) is 2.92. The van der Waals surface area contributed by atoms with E-state index in [9.17, 15) is 18.0 Å². The van der Waals surface area contributed by atoms with Crippen LogP contribution in [0.2, 0.25) is 0 Å². The molecule has 1 aliphatic rings. The van der Waals surface area contributed by atoms with E-state index in [0.29, 0.717) is 24.3 Å². The summed E-state index contributed by atoms with van der Waals surface area (Å²) in [5.74, 6) is -0.275. The number of carbonyl (C=O) groups excluding carboxylic acids is 1. The number of carbonyl (C=O) groups is 1. The van der Waals surface area contributed by atoms with Gasteiger partial charge < -0.3 is 10.1 Å². The van der Waals surface area contributed by atoms with Crippen molar-refractivity contribution in [1.82, 2.24) is 10.3 Å². The number of hydrogen-bond acceptors (Lipinski definition) is 3. The molecule has 0 unspecified atom stereocenters. The van der Waals surface area contributed by atoms with Gasteiger partial charge >= 0.3 is 6.18 Å². The van der Waals surface area contributed by atoms with Gasteiger partial charge in [-0.3, -0.25) is 9.78 Å². The van der Waals surface area contributed by atoms with Gasteiger partial charge in [-0.2, -0.15) is 13.2 Å². The van der Waals surface area contributed by atoms with Crippen LogP contribution < -0.4 is 5.32 Å². The van der Waals surface area contributed by atoms with Crippen LogP contribution in [0.5, 0.6) is 0 Å². The Labute approximate surface area is 149 Å². The Hall–Kier alpha value is -2.41. The lowest BCUT2D eigenvalue weighted by atomic mass is 10.0. The van der Waals surface area contributed by atoms with Crippen molar-refractivity contribution in [2.75, 3.05) is 13.2 Å². The van der Waals surface area contributed by atoms with E-state index in [0.717, 1.165) is 25.3 Å². The second-order valence-corrected chi connectivity index (χ2v) is 6.17. The zero-order chi connectivity index (χ0) is 18.6. The normalized spacial score (nSPS) is 17.7. The highest BCUT2D eigenvalue weighted by Gasteiger charge is 2.34. The smallest absolute Gasteiger partial charge is 0.376 e. The number of pyridine rings is 1. The summed E-state index contributed by atoms with van der Waals surface area (Å²) in [6.07, 6.45) is -0.108. The van der Waals surface area contributed by atoms with Crippen LogP contribution in [-0.2, 0) is 10.9 Å². The molecule has 4 nitrogen and oxygen atoms in total. The zero-order valence-electron chi connectivity index (χ0n) is 14.1. The summed E-state index contributed by atoms with van der Waals surface area (Å²) in [5.41, 5.74) is -0.256. The molecule has 1 aromatic carbocycles. The highest BCUT2D eigenvalue weighted by molar-refractivity contribution is 5.94. The molecule has 1 aromatic heterocycles. The molecule has 0 spiro atoms. The molecule has 2 aromatic rings. The molecule has 0 aliphatic carbocycles. The maximum Gasteiger partial charge on any atom is 0.418 e. The molecule has 0 bridgehead atoms. The molecule has 26 heavy (non-hydrogen) atoms. The minimum Gasteiger partial charge on any atom is -0.376 e. The first kappa shape index (κ1) is 18.4. The Morgan fingerprint density at radius 3 is 2.62 bits per heavy atom. The van der Waals surface area contributed by atoms with Gasteiger partial charge in [-0.25, -0.2) is 0 Å². The van der Waals surface area contributed by atoms with Crippen LogP contribution in [0.15, 0.2) is 42.6 Å². The summed E-state index contributed by atoms with van der Waals surface area (Å²) in [7, 11) is 0. The lowest BCUT2D eigenvalue weighted by molar-refractivity contribution is -0.137. The second-order valence-electron chi connectivity index (χ2n) is 6.17. The predicted octanol–water partition coefficient (Wildman–Crippen LogP) is 4.07. The number of halogens is 3. The highest BCUT2D eigenvalue weighted by atomic mass is 19.4. The van der Waals surface area contributed by atoms with E-state index >= 15 is 0 Å². The van der Waals surface area contributed by atoms with Crippen LogP contribution in [-0.4, -0.2) is 30.1 Å². The van der Waals surface area contributed by atoms with E-state index in [-0.39, 0.29) is 17.7 Å². The van der Waals surface area contributed by atoms with Crippen LogP contribution in [0.1, 0.15) is 35.2 Å². The van der Waals surface area contributed by atoms with Gasteiger partial charge in [-0.15, -0.1) is 0 Å². The van der Waals surface area contributed by atoms with Crippen LogP contribution in [0.25, 0.3) is 11.3 Å². The van der Waals surface area contributed by atoms with Gasteiger partial charge in [0, 0.05) is 30.5 Å². The van der Waals surface area contributed by atoms with Crippen molar-refractivity contribution in [3.05, 3.63) is 53.7 Å². The van der Waals surface area contributed by atoms with Crippen molar-refractivity contribution in [1.29, 1.82) is 0 Å². The first-order chi connectivity index (χ1) is 12.4. The van der Waals surface area contributed by atoms with Gasteiger partial charge in [-0.1, -0.05) is 12.1 Å². The summed E-state index contributed by atoms with van der Waals surface area (Å²) in [5, 5.41) is 2.80. The fourth-order valence-electron chi connectivity index (χ4n) is 2.92. The van der Waals surface area contributed by atoms with Crippen molar-refractivity contribution < 1.29 is 22.7 Å². The van der Waals surface area contributed by atoms with Crippen LogP contribution in [0, 0.1) is 0 Å². The second kappa shape index (κ2) is 7.86. The molecule has 1 saturated heterocycles. The van der Waals surface area contributed by atoms with E-state index in [1.807, 2.05) is 0 Å². The number of ether oxygens (including phenoxy) is 1. The number of amides is 1. The van der Waals surface area contributed by atoms with Crippen molar-refractivity contribution in [3.63, 3.8) is 0 Å². The van der Waals surface area contributed by atoms with Crippen molar-refractivity contribution in [2.24, 2.45) is 0 Å². The predicted molar refractivity (Wildman–Crippen MR) is 90.6 cm³/mol. The topological polar surface area (TPSA) is 51.2 Å². The Bertz CT molecular complexity index is 754. The summed E-state index contributed by atoms with van der Waals surface area (Å²) in [4.78, 5) is 16.0. The third-order valence-electron chi connectivity index (χ3n) is 4.30. The lowest BCUT2D eigenvalue weighted by Crippen LogP contribution is -2.35. The number of alkyl halides is 3. The molecule has 1 atom stereocenters. The third kappa shape index (κ3) is 4.40. The summed E-state index contributed by atoms with van der Waals surface area (Å²) in [6, 6.07) is 8.20. The summed E-state index contributed by atoms with van der Waals surface area (Å²) < 4.78 is 44.9. The number of nitrogens with one attached hydrogen (secondary N) is 1. The van der Waals surface area contributed by atoms with Crippen molar-refractivity contribution >= 4 is 5.91 Å². The molecule has 1 N–H and O–H groups in total. The Morgan fingerprint density at radius 1 is 1.19 bits per heavy atom. The molecule has 1 amide bonds. The van der Waals surface area contributed by atoms with E-state index in [4.69, 9.17) is 4.74 Å². The number of nitrogens with zero attached hydrogens (tertiary/aromatic N) is 1. The van der Waals surface area contributed by atoms with E-state index in [2.05, 4.69) is 10.3 Å². The van der Waals surface area contributed by atoms with E-state index in [1.165, 1.54) is 36.5 Å². The van der Waals surface area contributed by atoms with Crippen molar-refractivity contribution in [2.45, 2.75) is 31.5 Å². The molecule has 1 aliphatic heterocycles. The number of hydrogen-bond donors (Lipinski definition) is 1. The maximum atomic E-state index is 13.1. The third-order valence-corrected chi connectivity index (χ3v) is 4.30. The van der Waals surface area contributed by atoms with Gasteiger partial charge in [0.05, 0.1) is 17.4 Å². The number of rotatable bonds is 4. The average molecular weight is 364 g/mol. The largest absolute Gasteiger partial charge is 0.418 e. The minimum absolute atomic E-state index is 0.0230. The molecule has 2 heterocycles. The van der Waals surface area contributed by atoms with Gasteiger partial charge in [-0.05, 0) is 43.5 Å². The van der Waals surface area contributed by atoms with Crippen LogP contribution in [0.4, 0.5) is 13.2 Å². The molecule has 138 valence electrons. The Kier molecular flexibility index (Phi) is 5.56. The fraction of sp³-hybridized carbons (Fsp3) is 0.368. The summed E-state index contributed by atoms with van der Waals surface area (Å²) in [6.45, 7) is 1.14. The number of benzene rings is 1. The number of aromatic nitrogens is 1. The Balaban J connectivity index is 1.70. The zero-order valence-corrected chi connectivity index (χ0v) is 14.1. The highest BCUT2D eigenvalue weighted by Crippen LogP contribution is 2.35. The van der Waals surface area contributed by atoms with Crippen LogP contribution >= 0.6 is 0 Å². The summed E-state index contributed by atoms with van der Waals surface area (Å²) >= 11 is 0. The monoisotopic (exact) mass is 364 g/mol. The molecule has 0 radical (unpaired) electrons. The molecular weight excluding hydrogens is 345 g/mol. The first-order valence-electron chi connectivity index (χ1n) is 8.47.